The van der Waals surface area contributed by atoms with Gasteiger partial charge < -0.3 is 9.47 Å². The van der Waals surface area contributed by atoms with E-state index in [-0.39, 0.29) is 10.8 Å². The van der Waals surface area contributed by atoms with Gasteiger partial charge in [0.2, 0.25) is 0 Å². The third-order valence-electron chi connectivity index (χ3n) is 4.21. The van der Waals surface area contributed by atoms with Crippen LogP contribution in [0.5, 0.6) is 11.5 Å². The Morgan fingerprint density at radius 1 is 0.654 bits per heavy atom. The first-order chi connectivity index (χ1) is 12.0. The van der Waals surface area contributed by atoms with Crippen molar-refractivity contribution < 1.29 is 9.47 Å². The number of hydrogen-bond donors (Lipinski definition) is 0. The lowest BCUT2D eigenvalue weighted by Gasteiger charge is -2.23. The summed E-state index contributed by atoms with van der Waals surface area (Å²) in [5.74, 6) is 1.75. The summed E-state index contributed by atoms with van der Waals surface area (Å²) in [6.07, 6.45) is 0. The molecule has 0 aliphatic rings. The standard InChI is InChI=1S/C24H32O2/c1-9-25-21-13-17(11-19(15-21)23(3,4)5)18-12-20(24(6,7)8)16-22(14-18)26-10-2/h13-16H,9-10H2,1-8H3. The highest BCUT2D eigenvalue weighted by Crippen LogP contribution is 2.35. The van der Waals surface area contributed by atoms with Gasteiger partial charge in [0.05, 0.1) is 13.2 Å². The minimum Gasteiger partial charge on any atom is -0.494 e. The lowest BCUT2D eigenvalue weighted by Crippen LogP contribution is -2.13. The topological polar surface area (TPSA) is 18.5 Å². The second-order valence-corrected chi connectivity index (χ2v) is 8.65. The molecule has 0 unspecified atom stereocenters. The molecule has 0 heterocycles. The highest BCUT2D eigenvalue weighted by Gasteiger charge is 2.20. The molecule has 26 heavy (non-hydrogen) atoms. The van der Waals surface area contributed by atoms with Crippen LogP contribution in [-0.2, 0) is 10.8 Å². The van der Waals surface area contributed by atoms with Gasteiger partial charge in [0, 0.05) is 0 Å². The molecule has 0 atom stereocenters. The van der Waals surface area contributed by atoms with Crippen LogP contribution in [0.2, 0.25) is 0 Å². The van der Waals surface area contributed by atoms with Crippen LogP contribution in [0.4, 0.5) is 0 Å². The molecule has 0 bridgehead atoms. The maximum atomic E-state index is 5.81. The van der Waals surface area contributed by atoms with Gasteiger partial charge in [-0.1, -0.05) is 41.5 Å². The van der Waals surface area contributed by atoms with E-state index in [1.54, 1.807) is 0 Å². The highest BCUT2D eigenvalue weighted by molar-refractivity contribution is 5.68. The van der Waals surface area contributed by atoms with Gasteiger partial charge in [-0.3, -0.25) is 0 Å². The lowest BCUT2D eigenvalue weighted by molar-refractivity contribution is 0.338. The Balaban J connectivity index is 2.65. The molecule has 140 valence electrons. The molecule has 0 aliphatic heterocycles. The molecule has 2 heteroatoms. The van der Waals surface area contributed by atoms with Crippen LogP contribution in [0.1, 0.15) is 66.5 Å². The van der Waals surface area contributed by atoms with Gasteiger partial charge in [-0.25, -0.2) is 0 Å². The molecule has 0 fully saturated rings. The van der Waals surface area contributed by atoms with Crippen LogP contribution in [0.25, 0.3) is 11.1 Å². The first-order valence-corrected chi connectivity index (χ1v) is 9.46. The van der Waals surface area contributed by atoms with E-state index < -0.39 is 0 Å². The van der Waals surface area contributed by atoms with Crippen LogP contribution in [0, 0.1) is 12.1 Å². The van der Waals surface area contributed by atoms with Crippen molar-refractivity contribution in [3.05, 3.63) is 47.5 Å². The third kappa shape index (κ3) is 5.03. The maximum absolute atomic E-state index is 5.81. The van der Waals surface area contributed by atoms with Gasteiger partial charge in [-0.2, -0.15) is 0 Å². The smallest absolute Gasteiger partial charge is 0.120 e. The van der Waals surface area contributed by atoms with Crippen molar-refractivity contribution in [3.63, 3.8) is 0 Å². The van der Waals surface area contributed by atoms with Gasteiger partial charge in [0.25, 0.3) is 0 Å². The SMILES string of the molecule is CCOc1cc(-c2[c]c(C(C)(C)C)cc(OCC)c2)[c]c(C(C)(C)C)c1. The van der Waals surface area contributed by atoms with Crippen LogP contribution in [0.3, 0.4) is 0 Å². The average molecular weight is 353 g/mol. The third-order valence-corrected chi connectivity index (χ3v) is 4.21. The second kappa shape index (κ2) is 7.73. The van der Waals surface area contributed by atoms with Crippen LogP contribution in [-0.4, -0.2) is 13.2 Å². The van der Waals surface area contributed by atoms with Crippen LogP contribution in [0.15, 0.2) is 24.3 Å². The van der Waals surface area contributed by atoms with Crippen LogP contribution < -0.4 is 9.47 Å². The Morgan fingerprint density at radius 2 is 1.00 bits per heavy atom. The molecule has 0 N–H and O–H groups in total. The zero-order chi connectivity index (χ0) is 19.5. The van der Waals surface area contributed by atoms with Gasteiger partial charge in [-0.05, 0) is 83.3 Å². The van der Waals surface area contributed by atoms with Gasteiger partial charge >= 0.3 is 0 Å². The molecule has 2 radical (unpaired) electrons. The minimum absolute atomic E-state index is 0.00769. The Kier molecular flexibility index (Phi) is 6.05. The number of benzene rings is 2. The molecule has 2 rings (SSSR count). The Morgan fingerprint density at radius 3 is 1.27 bits per heavy atom. The van der Waals surface area contributed by atoms with Crippen molar-refractivity contribution >= 4 is 0 Å². The number of hydrogen-bond acceptors (Lipinski definition) is 2. The lowest BCUT2D eigenvalue weighted by atomic mass is 9.83. The number of ether oxygens (including phenoxy) is 2. The summed E-state index contributed by atoms with van der Waals surface area (Å²) in [6.45, 7) is 18.5. The van der Waals surface area contributed by atoms with E-state index in [2.05, 4.69) is 65.8 Å². The maximum Gasteiger partial charge on any atom is 0.120 e. The van der Waals surface area contributed by atoms with Crippen LogP contribution >= 0.6 is 0 Å². The van der Waals surface area contributed by atoms with Crippen molar-refractivity contribution in [3.8, 4) is 22.6 Å². The Bertz CT molecular complexity index is 680. The van der Waals surface area contributed by atoms with E-state index >= 15 is 0 Å². The predicted molar refractivity (Wildman–Crippen MR) is 109 cm³/mol. The Labute approximate surface area is 159 Å². The summed E-state index contributed by atoms with van der Waals surface area (Å²) >= 11 is 0. The Hall–Kier alpha value is -1.96. The van der Waals surface area contributed by atoms with Gasteiger partial charge in [0.1, 0.15) is 11.5 Å². The van der Waals surface area contributed by atoms with Gasteiger partial charge in [-0.15, -0.1) is 0 Å². The zero-order valence-corrected chi connectivity index (χ0v) is 17.5. The summed E-state index contributed by atoms with van der Waals surface area (Å²) in [7, 11) is 0. The average Bonchev–Trinajstić information content (AvgIpc) is 2.53. The molecule has 2 aromatic rings. The molecule has 0 aromatic heterocycles. The van der Waals surface area contributed by atoms with E-state index in [1.807, 2.05) is 26.0 Å². The zero-order valence-electron chi connectivity index (χ0n) is 17.5. The quantitative estimate of drug-likeness (QED) is 0.624. The highest BCUT2D eigenvalue weighted by atomic mass is 16.5. The summed E-state index contributed by atoms with van der Waals surface area (Å²) in [4.78, 5) is 0. The molecule has 0 saturated carbocycles. The fourth-order valence-electron chi connectivity index (χ4n) is 2.69. The molecule has 2 nitrogen and oxygen atoms in total. The van der Waals surface area contributed by atoms with E-state index in [0.717, 1.165) is 33.8 Å². The first-order valence-electron chi connectivity index (χ1n) is 9.46. The predicted octanol–water partition coefficient (Wildman–Crippen LogP) is 6.35. The monoisotopic (exact) mass is 352 g/mol. The van der Waals surface area contributed by atoms with Crippen molar-refractivity contribution in [2.75, 3.05) is 13.2 Å². The largest absolute Gasteiger partial charge is 0.494 e. The summed E-state index contributed by atoms with van der Waals surface area (Å²) in [5, 5.41) is 0. The second-order valence-electron chi connectivity index (χ2n) is 8.65. The molecule has 0 aliphatic carbocycles. The van der Waals surface area contributed by atoms with E-state index in [4.69, 9.17) is 9.47 Å². The van der Waals surface area contributed by atoms with Crippen molar-refractivity contribution in [1.29, 1.82) is 0 Å². The molecular weight excluding hydrogens is 320 g/mol. The van der Waals surface area contributed by atoms with E-state index in [9.17, 15) is 0 Å². The molecule has 0 amide bonds. The number of rotatable bonds is 5. The van der Waals surface area contributed by atoms with E-state index in [0.29, 0.717) is 13.2 Å². The minimum atomic E-state index is -0.00769. The normalized spacial score (nSPS) is 12.2. The molecule has 0 saturated heterocycles. The molecular formula is C24H32O2. The van der Waals surface area contributed by atoms with Gasteiger partial charge in [0.15, 0.2) is 0 Å². The summed E-state index contributed by atoms with van der Waals surface area (Å²) in [6, 6.07) is 15.4. The summed E-state index contributed by atoms with van der Waals surface area (Å²) in [5.41, 5.74) is 4.23. The fourth-order valence-corrected chi connectivity index (χ4v) is 2.69. The van der Waals surface area contributed by atoms with E-state index in [1.165, 1.54) is 0 Å². The molecule has 0 spiro atoms. The first kappa shape index (κ1) is 20.4. The molecule has 2 aromatic carbocycles. The summed E-state index contributed by atoms with van der Waals surface area (Å²) < 4.78 is 11.6. The van der Waals surface area contributed by atoms with Crippen molar-refractivity contribution in [2.24, 2.45) is 0 Å². The van der Waals surface area contributed by atoms with Crippen molar-refractivity contribution in [1.82, 2.24) is 0 Å². The van der Waals surface area contributed by atoms with Crippen molar-refractivity contribution in [2.45, 2.75) is 66.2 Å². The fraction of sp³-hybridized carbons (Fsp3) is 0.500.